The highest BCUT2D eigenvalue weighted by atomic mass is 35.5. The average Bonchev–Trinajstić information content (AvgIpc) is 2.52. The van der Waals surface area contributed by atoms with Crippen LogP contribution < -0.4 is 10.1 Å². The molecular formula is C18H19ClN2O2. The lowest BCUT2D eigenvalue weighted by atomic mass is 10.1. The van der Waals surface area contributed by atoms with E-state index in [9.17, 15) is 4.79 Å². The van der Waals surface area contributed by atoms with Crippen molar-refractivity contribution in [3.8, 4) is 5.75 Å². The zero-order valence-electron chi connectivity index (χ0n) is 12.7. The summed E-state index contributed by atoms with van der Waals surface area (Å²) in [5, 5.41) is 3.51. The van der Waals surface area contributed by atoms with Crippen molar-refractivity contribution in [1.29, 1.82) is 0 Å². The molecule has 1 N–H and O–H groups in total. The van der Waals surface area contributed by atoms with Gasteiger partial charge in [0.15, 0.2) is 0 Å². The standard InChI is InChI=1S/C18H19ClN2O2/c19-16-3-1-2-15(8-16)12-23-18-6-4-14(5-7-18)9-21-10-17(11-21)20-13-22/h1-8,13,17H,9-12H2,(H,20,22). The van der Waals surface area contributed by atoms with E-state index < -0.39 is 0 Å². The van der Waals surface area contributed by atoms with Crippen LogP contribution in [0.1, 0.15) is 11.1 Å². The molecule has 2 aromatic rings. The fourth-order valence-corrected chi connectivity index (χ4v) is 2.86. The second kappa shape index (κ2) is 7.49. The van der Waals surface area contributed by atoms with Gasteiger partial charge in [-0.1, -0.05) is 35.9 Å². The first-order valence-electron chi connectivity index (χ1n) is 7.61. The summed E-state index contributed by atoms with van der Waals surface area (Å²) < 4.78 is 5.78. The molecule has 1 amide bonds. The monoisotopic (exact) mass is 330 g/mol. The van der Waals surface area contributed by atoms with Crippen molar-refractivity contribution < 1.29 is 9.53 Å². The van der Waals surface area contributed by atoms with E-state index in [1.165, 1.54) is 5.56 Å². The second-order valence-corrected chi connectivity index (χ2v) is 6.17. The fourth-order valence-electron chi connectivity index (χ4n) is 2.64. The van der Waals surface area contributed by atoms with Crippen LogP contribution in [-0.4, -0.2) is 30.4 Å². The molecule has 120 valence electrons. The van der Waals surface area contributed by atoms with Crippen LogP contribution in [0.2, 0.25) is 5.02 Å². The molecule has 5 heteroatoms. The van der Waals surface area contributed by atoms with Crippen LogP contribution in [0.5, 0.6) is 5.75 Å². The normalized spacial score (nSPS) is 15.0. The van der Waals surface area contributed by atoms with E-state index in [0.29, 0.717) is 12.6 Å². The maximum atomic E-state index is 10.3. The molecule has 0 spiro atoms. The minimum absolute atomic E-state index is 0.299. The van der Waals surface area contributed by atoms with Gasteiger partial charge in [0.25, 0.3) is 0 Å². The number of likely N-dealkylation sites (tertiary alicyclic amines) is 1. The lowest BCUT2D eigenvalue weighted by molar-refractivity contribution is -0.111. The van der Waals surface area contributed by atoms with Crippen molar-refractivity contribution in [2.24, 2.45) is 0 Å². The van der Waals surface area contributed by atoms with E-state index in [1.807, 2.05) is 36.4 Å². The van der Waals surface area contributed by atoms with Crippen molar-refractivity contribution >= 4 is 18.0 Å². The summed E-state index contributed by atoms with van der Waals surface area (Å²) in [4.78, 5) is 12.6. The maximum absolute atomic E-state index is 10.3. The number of nitrogens with zero attached hydrogens (tertiary/aromatic N) is 1. The van der Waals surface area contributed by atoms with Gasteiger partial charge in [-0.2, -0.15) is 0 Å². The van der Waals surface area contributed by atoms with Crippen molar-refractivity contribution in [3.63, 3.8) is 0 Å². The molecule has 0 unspecified atom stereocenters. The Morgan fingerprint density at radius 1 is 1.17 bits per heavy atom. The summed E-state index contributed by atoms with van der Waals surface area (Å²) in [6, 6.07) is 16.1. The molecule has 0 aliphatic carbocycles. The Balaban J connectivity index is 1.47. The predicted molar refractivity (Wildman–Crippen MR) is 90.5 cm³/mol. The van der Waals surface area contributed by atoms with Gasteiger partial charge in [0, 0.05) is 24.7 Å². The SMILES string of the molecule is O=CNC1CN(Cc2ccc(OCc3cccc(Cl)c3)cc2)C1. The summed E-state index contributed by atoms with van der Waals surface area (Å²) in [5.74, 6) is 0.845. The number of nitrogens with one attached hydrogen (secondary N) is 1. The Kier molecular flexibility index (Phi) is 5.16. The van der Waals surface area contributed by atoms with E-state index in [2.05, 4.69) is 22.3 Å². The topological polar surface area (TPSA) is 41.6 Å². The zero-order valence-corrected chi connectivity index (χ0v) is 13.5. The smallest absolute Gasteiger partial charge is 0.207 e. The van der Waals surface area contributed by atoms with Gasteiger partial charge in [-0.3, -0.25) is 9.69 Å². The quantitative estimate of drug-likeness (QED) is 0.794. The van der Waals surface area contributed by atoms with E-state index in [0.717, 1.165) is 42.4 Å². The van der Waals surface area contributed by atoms with Crippen LogP contribution in [0.4, 0.5) is 0 Å². The number of amides is 1. The molecule has 1 heterocycles. The minimum Gasteiger partial charge on any atom is -0.489 e. The maximum Gasteiger partial charge on any atom is 0.207 e. The molecule has 23 heavy (non-hydrogen) atoms. The average molecular weight is 331 g/mol. The molecule has 0 saturated carbocycles. The Labute approximate surface area is 141 Å². The van der Waals surface area contributed by atoms with E-state index in [1.54, 1.807) is 0 Å². The van der Waals surface area contributed by atoms with Crippen molar-refractivity contribution in [2.45, 2.75) is 19.2 Å². The lowest BCUT2D eigenvalue weighted by Gasteiger charge is -2.38. The summed E-state index contributed by atoms with van der Waals surface area (Å²) in [6.07, 6.45) is 0.772. The highest BCUT2D eigenvalue weighted by Crippen LogP contribution is 2.18. The van der Waals surface area contributed by atoms with Crippen molar-refractivity contribution in [3.05, 3.63) is 64.7 Å². The number of carbonyl (C=O) groups excluding carboxylic acids is 1. The van der Waals surface area contributed by atoms with Gasteiger partial charge in [-0.25, -0.2) is 0 Å². The van der Waals surface area contributed by atoms with E-state index in [-0.39, 0.29) is 0 Å². The molecule has 1 saturated heterocycles. The van der Waals surface area contributed by atoms with Crippen LogP contribution in [0.25, 0.3) is 0 Å². The first-order valence-corrected chi connectivity index (χ1v) is 7.99. The zero-order chi connectivity index (χ0) is 16.1. The molecule has 3 rings (SSSR count). The van der Waals surface area contributed by atoms with Gasteiger partial charge in [0.05, 0.1) is 6.04 Å². The van der Waals surface area contributed by atoms with Crippen LogP contribution in [0, 0.1) is 0 Å². The van der Waals surface area contributed by atoms with E-state index in [4.69, 9.17) is 16.3 Å². The first-order chi connectivity index (χ1) is 11.2. The largest absolute Gasteiger partial charge is 0.489 e. The van der Waals surface area contributed by atoms with Crippen LogP contribution in [0.15, 0.2) is 48.5 Å². The Morgan fingerprint density at radius 3 is 2.65 bits per heavy atom. The highest BCUT2D eigenvalue weighted by Gasteiger charge is 2.25. The third kappa shape index (κ3) is 4.47. The number of carbonyl (C=O) groups is 1. The molecule has 1 aliphatic heterocycles. The summed E-state index contributed by atoms with van der Waals surface area (Å²) in [6.45, 7) is 3.22. The molecule has 1 fully saturated rings. The summed E-state index contributed by atoms with van der Waals surface area (Å²) in [5.41, 5.74) is 2.29. The fraction of sp³-hybridized carbons (Fsp3) is 0.278. The van der Waals surface area contributed by atoms with Crippen molar-refractivity contribution in [2.75, 3.05) is 13.1 Å². The van der Waals surface area contributed by atoms with Crippen LogP contribution in [0.3, 0.4) is 0 Å². The van der Waals surface area contributed by atoms with Crippen LogP contribution in [-0.2, 0) is 17.9 Å². The molecule has 0 bridgehead atoms. The summed E-state index contributed by atoms with van der Waals surface area (Å²) in [7, 11) is 0. The number of halogens is 1. The van der Waals surface area contributed by atoms with Gasteiger partial charge in [0.2, 0.25) is 6.41 Å². The summed E-state index contributed by atoms with van der Waals surface area (Å²) >= 11 is 5.96. The third-order valence-corrected chi connectivity index (χ3v) is 4.12. The minimum atomic E-state index is 0.299. The molecule has 2 aromatic carbocycles. The van der Waals surface area contributed by atoms with Gasteiger partial charge in [-0.05, 0) is 35.4 Å². The highest BCUT2D eigenvalue weighted by molar-refractivity contribution is 6.30. The van der Waals surface area contributed by atoms with E-state index >= 15 is 0 Å². The Hall–Kier alpha value is -2.04. The molecule has 0 radical (unpaired) electrons. The van der Waals surface area contributed by atoms with Gasteiger partial charge < -0.3 is 10.1 Å². The molecule has 1 aliphatic rings. The number of rotatable bonds is 7. The first kappa shape index (κ1) is 15.8. The molecule has 0 aromatic heterocycles. The molecule has 0 atom stereocenters. The van der Waals surface area contributed by atoms with Gasteiger partial charge in [-0.15, -0.1) is 0 Å². The molecule has 4 nitrogen and oxygen atoms in total. The second-order valence-electron chi connectivity index (χ2n) is 5.74. The van der Waals surface area contributed by atoms with Gasteiger partial charge >= 0.3 is 0 Å². The predicted octanol–water partition coefficient (Wildman–Crippen LogP) is 2.85. The number of ether oxygens (including phenoxy) is 1. The Morgan fingerprint density at radius 2 is 1.96 bits per heavy atom. The lowest BCUT2D eigenvalue weighted by Crippen LogP contribution is -2.56. The number of benzene rings is 2. The third-order valence-electron chi connectivity index (χ3n) is 3.88. The number of hydrogen-bond donors (Lipinski definition) is 1. The van der Waals surface area contributed by atoms with Crippen LogP contribution >= 0.6 is 11.6 Å². The van der Waals surface area contributed by atoms with Crippen molar-refractivity contribution in [1.82, 2.24) is 10.2 Å². The Bertz CT molecular complexity index is 654. The molecular weight excluding hydrogens is 312 g/mol. The number of hydrogen-bond acceptors (Lipinski definition) is 3. The van der Waals surface area contributed by atoms with Gasteiger partial charge in [0.1, 0.15) is 12.4 Å².